The molecule has 0 saturated carbocycles. The predicted octanol–water partition coefficient (Wildman–Crippen LogP) is 2.94. The van der Waals surface area contributed by atoms with Crippen LogP contribution in [0.25, 0.3) is 0 Å². The second-order valence-electron chi connectivity index (χ2n) is 4.42. The lowest BCUT2D eigenvalue weighted by Crippen LogP contribution is -2.19. The van der Waals surface area contributed by atoms with Gasteiger partial charge >= 0.3 is 0 Å². The maximum Gasteiger partial charge on any atom is 0.269 e. The monoisotopic (exact) mass is 317 g/mol. The van der Waals surface area contributed by atoms with Crippen LogP contribution in [-0.4, -0.2) is 17.0 Å². The first-order valence-electron chi connectivity index (χ1n) is 6.36. The van der Waals surface area contributed by atoms with E-state index in [9.17, 15) is 14.9 Å². The van der Waals surface area contributed by atoms with Gasteiger partial charge in [-0.05, 0) is 11.6 Å². The summed E-state index contributed by atoms with van der Waals surface area (Å²) in [5, 5.41) is 14.9. The molecule has 0 aliphatic carbocycles. The number of nitro benzene ring substituents is 1. The summed E-state index contributed by atoms with van der Waals surface area (Å²) in [6.07, 6.45) is 1.54. The Hall–Kier alpha value is -2.73. The SMILES string of the molecule is O=C(Cc1ccc([N+](=O)[O-])cc1)N/N=C/c1ccccc1Cl. The van der Waals surface area contributed by atoms with Gasteiger partial charge in [0.25, 0.3) is 5.69 Å². The van der Waals surface area contributed by atoms with Gasteiger partial charge in [0.1, 0.15) is 0 Å². The van der Waals surface area contributed by atoms with E-state index in [0.29, 0.717) is 16.1 Å². The molecule has 0 aliphatic rings. The third kappa shape index (κ3) is 4.39. The van der Waals surface area contributed by atoms with Crippen molar-refractivity contribution in [2.45, 2.75) is 6.42 Å². The molecule has 0 unspecified atom stereocenters. The number of non-ortho nitro benzene ring substituents is 1. The summed E-state index contributed by atoms with van der Waals surface area (Å²) in [6, 6.07) is 12.9. The number of hydrogen-bond acceptors (Lipinski definition) is 4. The van der Waals surface area contributed by atoms with Crippen molar-refractivity contribution in [3.05, 3.63) is 74.8 Å². The number of rotatable bonds is 5. The van der Waals surface area contributed by atoms with Gasteiger partial charge in [-0.15, -0.1) is 0 Å². The molecule has 2 aromatic carbocycles. The first kappa shape index (κ1) is 15.7. The topological polar surface area (TPSA) is 84.6 Å². The minimum atomic E-state index is -0.488. The molecule has 0 aromatic heterocycles. The van der Waals surface area contributed by atoms with Crippen molar-refractivity contribution in [3.8, 4) is 0 Å². The number of benzene rings is 2. The molecule has 0 spiro atoms. The highest BCUT2D eigenvalue weighted by Crippen LogP contribution is 2.13. The van der Waals surface area contributed by atoms with Gasteiger partial charge in [0.2, 0.25) is 5.91 Å². The number of nitrogens with one attached hydrogen (secondary N) is 1. The van der Waals surface area contributed by atoms with E-state index < -0.39 is 4.92 Å². The number of nitro groups is 1. The molecule has 0 bridgehead atoms. The second kappa shape index (κ2) is 7.33. The Morgan fingerprint density at radius 2 is 1.91 bits per heavy atom. The van der Waals surface area contributed by atoms with Gasteiger partial charge in [0.15, 0.2) is 0 Å². The highest BCUT2D eigenvalue weighted by molar-refractivity contribution is 6.33. The molecule has 1 amide bonds. The maximum absolute atomic E-state index is 11.7. The van der Waals surface area contributed by atoms with Crippen LogP contribution in [0, 0.1) is 10.1 Å². The van der Waals surface area contributed by atoms with Crippen molar-refractivity contribution in [2.24, 2.45) is 5.10 Å². The number of amides is 1. The van der Waals surface area contributed by atoms with E-state index in [1.165, 1.54) is 30.5 Å². The summed E-state index contributed by atoms with van der Waals surface area (Å²) >= 11 is 5.95. The summed E-state index contributed by atoms with van der Waals surface area (Å²) in [5.74, 6) is -0.322. The number of halogens is 1. The minimum Gasteiger partial charge on any atom is -0.273 e. The van der Waals surface area contributed by atoms with Crippen LogP contribution in [0.3, 0.4) is 0 Å². The van der Waals surface area contributed by atoms with Crippen molar-refractivity contribution in [1.29, 1.82) is 0 Å². The quantitative estimate of drug-likeness (QED) is 0.522. The zero-order chi connectivity index (χ0) is 15.9. The van der Waals surface area contributed by atoms with Crippen LogP contribution in [0.15, 0.2) is 53.6 Å². The van der Waals surface area contributed by atoms with Crippen LogP contribution >= 0.6 is 11.6 Å². The van der Waals surface area contributed by atoms with E-state index in [-0.39, 0.29) is 18.0 Å². The molecule has 0 atom stereocenters. The number of carbonyl (C=O) groups excluding carboxylic acids is 1. The molecule has 112 valence electrons. The van der Waals surface area contributed by atoms with Gasteiger partial charge in [-0.3, -0.25) is 14.9 Å². The number of hydrogen-bond donors (Lipinski definition) is 1. The lowest BCUT2D eigenvalue weighted by atomic mass is 10.1. The van der Waals surface area contributed by atoms with Crippen LogP contribution in [0.2, 0.25) is 5.02 Å². The smallest absolute Gasteiger partial charge is 0.269 e. The molecule has 0 aliphatic heterocycles. The Morgan fingerprint density at radius 1 is 1.23 bits per heavy atom. The molecule has 0 fully saturated rings. The number of nitrogens with zero attached hydrogens (tertiary/aromatic N) is 2. The molecule has 22 heavy (non-hydrogen) atoms. The third-order valence-electron chi connectivity index (χ3n) is 2.81. The van der Waals surface area contributed by atoms with Crippen LogP contribution in [0.1, 0.15) is 11.1 Å². The van der Waals surface area contributed by atoms with Crippen LogP contribution in [0.4, 0.5) is 5.69 Å². The number of carbonyl (C=O) groups is 1. The van der Waals surface area contributed by atoms with Crippen molar-refractivity contribution >= 4 is 29.4 Å². The van der Waals surface area contributed by atoms with Gasteiger partial charge < -0.3 is 0 Å². The largest absolute Gasteiger partial charge is 0.273 e. The summed E-state index contributed by atoms with van der Waals surface area (Å²) in [7, 11) is 0. The van der Waals surface area contributed by atoms with Crippen molar-refractivity contribution in [2.75, 3.05) is 0 Å². The van der Waals surface area contributed by atoms with Gasteiger partial charge in [0, 0.05) is 22.7 Å². The van der Waals surface area contributed by atoms with Crippen LogP contribution < -0.4 is 5.43 Å². The molecule has 2 aromatic rings. The van der Waals surface area contributed by atoms with Gasteiger partial charge in [-0.25, -0.2) is 5.43 Å². The standard InChI is InChI=1S/C15H12ClN3O3/c16-14-4-2-1-3-12(14)10-17-18-15(20)9-11-5-7-13(8-6-11)19(21)22/h1-8,10H,9H2,(H,18,20)/b17-10+. The van der Waals surface area contributed by atoms with Crippen molar-refractivity contribution in [3.63, 3.8) is 0 Å². The van der Waals surface area contributed by atoms with Gasteiger partial charge in [-0.1, -0.05) is 41.9 Å². The fourth-order valence-electron chi connectivity index (χ4n) is 1.71. The number of hydrazone groups is 1. The first-order valence-corrected chi connectivity index (χ1v) is 6.74. The Balaban J connectivity index is 1.90. The third-order valence-corrected chi connectivity index (χ3v) is 3.15. The van der Waals surface area contributed by atoms with E-state index in [1.54, 1.807) is 18.2 Å². The van der Waals surface area contributed by atoms with Crippen molar-refractivity contribution in [1.82, 2.24) is 5.43 Å². The average Bonchev–Trinajstić information content (AvgIpc) is 2.50. The molecular formula is C15H12ClN3O3. The Kier molecular flexibility index (Phi) is 5.21. The summed E-state index contributed by atoms with van der Waals surface area (Å²) in [4.78, 5) is 21.8. The Morgan fingerprint density at radius 3 is 2.55 bits per heavy atom. The molecule has 0 heterocycles. The zero-order valence-electron chi connectivity index (χ0n) is 11.4. The molecule has 6 nitrogen and oxygen atoms in total. The van der Waals surface area contributed by atoms with E-state index >= 15 is 0 Å². The molecule has 0 radical (unpaired) electrons. The molecule has 0 saturated heterocycles. The first-order chi connectivity index (χ1) is 10.6. The highest BCUT2D eigenvalue weighted by Gasteiger charge is 2.06. The summed E-state index contributed by atoms with van der Waals surface area (Å²) in [5.41, 5.74) is 3.73. The van der Waals surface area contributed by atoms with E-state index in [2.05, 4.69) is 10.5 Å². The van der Waals surface area contributed by atoms with Crippen LogP contribution in [0.5, 0.6) is 0 Å². The van der Waals surface area contributed by atoms with Crippen LogP contribution in [-0.2, 0) is 11.2 Å². The Labute approximate surface area is 131 Å². The van der Waals surface area contributed by atoms with Crippen molar-refractivity contribution < 1.29 is 9.72 Å². The lowest BCUT2D eigenvalue weighted by molar-refractivity contribution is -0.384. The summed E-state index contributed by atoms with van der Waals surface area (Å²) < 4.78 is 0. The fraction of sp³-hybridized carbons (Fsp3) is 0.0667. The predicted molar refractivity (Wildman–Crippen MR) is 84.0 cm³/mol. The average molecular weight is 318 g/mol. The molecule has 7 heteroatoms. The fourth-order valence-corrected chi connectivity index (χ4v) is 1.90. The Bertz CT molecular complexity index is 714. The minimum absolute atomic E-state index is 0.0131. The van der Waals surface area contributed by atoms with E-state index in [0.717, 1.165) is 0 Å². The summed E-state index contributed by atoms with van der Waals surface area (Å²) in [6.45, 7) is 0. The maximum atomic E-state index is 11.7. The van der Waals surface area contributed by atoms with E-state index in [1.807, 2.05) is 6.07 Å². The zero-order valence-corrected chi connectivity index (χ0v) is 12.2. The molecule has 2 rings (SSSR count). The highest BCUT2D eigenvalue weighted by atomic mass is 35.5. The van der Waals surface area contributed by atoms with Gasteiger partial charge in [0.05, 0.1) is 17.6 Å². The molecule has 1 N–H and O–H groups in total. The van der Waals surface area contributed by atoms with Gasteiger partial charge in [-0.2, -0.15) is 5.10 Å². The van der Waals surface area contributed by atoms with E-state index in [4.69, 9.17) is 11.6 Å². The molecular weight excluding hydrogens is 306 g/mol. The lowest BCUT2D eigenvalue weighted by Gasteiger charge is -2.01. The second-order valence-corrected chi connectivity index (χ2v) is 4.82. The normalized spacial score (nSPS) is 10.6.